The first kappa shape index (κ1) is 14.8. The first-order chi connectivity index (χ1) is 9.43. The molecule has 0 heterocycles. The van der Waals surface area contributed by atoms with Crippen LogP contribution in [-0.2, 0) is 6.42 Å². The zero-order valence-corrected chi connectivity index (χ0v) is 13.5. The quantitative estimate of drug-likeness (QED) is 0.670. The van der Waals surface area contributed by atoms with Gasteiger partial charge in [0.2, 0.25) is 0 Å². The van der Waals surface area contributed by atoms with E-state index in [9.17, 15) is 0 Å². The molecule has 106 valence electrons. The summed E-state index contributed by atoms with van der Waals surface area (Å²) in [6.07, 6.45) is 0.604. The second-order valence-corrected chi connectivity index (χ2v) is 11.3. The number of aliphatic hydroxyl groups is 1. The third-order valence-corrected chi connectivity index (χ3v) is 5.70. The summed E-state index contributed by atoms with van der Waals surface area (Å²) in [5, 5.41) is 10.5. The summed E-state index contributed by atoms with van der Waals surface area (Å²) in [4.78, 5) is 0. The third-order valence-electron chi connectivity index (χ3n) is 3.64. The highest BCUT2D eigenvalue weighted by atomic mass is 28.3. The first-order valence-corrected chi connectivity index (χ1v) is 10.5. The number of para-hydroxylation sites is 1. The molecule has 0 saturated heterocycles. The summed E-state index contributed by atoms with van der Waals surface area (Å²) in [5.41, 5.74) is 10.2. The third kappa shape index (κ3) is 3.11. The molecule has 3 N–H and O–H groups in total. The number of aliphatic hydroxyl groups excluding tert-OH is 1. The monoisotopic (exact) mass is 285 g/mol. The molecular weight excluding hydrogens is 262 g/mol. The Morgan fingerprint density at radius 1 is 1.00 bits per heavy atom. The minimum Gasteiger partial charge on any atom is -0.398 e. The van der Waals surface area contributed by atoms with E-state index in [1.807, 2.05) is 18.2 Å². The smallest absolute Gasteiger partial charge is 0.0775 e. The highest BCUT2D eigenvalue weighted by Crippen LogP contribution is 2.28. The Labute approximate surface area is 122 Å². The molecule has 0 spiro atoms. The second-order valence-electron chi connectivity index (χ2n) is 6.18. The number of nitrogen functional groups attached to an aromatic ring is 1. The average Bonchev–Trinajstić information content (AvgIpc) is 2.41. The van der Waals surface area contributed by atoms with Gasteiger partial charge in [-0.25, -0.2) is 0 Å². The zero-order valence-electron chi connectivity index (χ0n) is 12.5. The van der Waals surface area contributed by atoms with Crippen LogP contribution in [-0.4, -0.2) is 19.8 Å². The Morgan fingerprint density at radius 2 is 1.65 bits per heavy atom. The summed E-state index contributed by atoms with van der Waals surface area (Å²) in [7, 11) is -1.26. The topological polar surface area (TPSA) is 46.2 Å². The lowest BCUT2D eigenvalue weighted by Gasteiger charge is -2.17. The standard InChI is InChI=1S/C17H23NOSi/c1-20(2,3)15-9-7-13(8-10-15)16-6-4-5-14(11-12-19)17(16)18/h4-10,19H,11-12,18H2,1-3H3. The van der Waals surface area contributed by atoms with Gasteiger partial charge in [0.05, 0.1) is 8.07 Å². The fourth-order valence-electron chi connectivity index (χ4n) is 2.35. The van der Waals surface area contributed by atoms with Gasteiger partial charge in [0.15, 0.2) is 0 Å². The number of benzene rings is 2. The van der Waals surface area contributed by atoms with Crippen molar-refractivity contribution in [2.75, 3.05) is 12.3 Å². The molecule has 20 heavy (non-hydrogen) atoms. The Morgan fingerprint density at radius 3 is 2.20 bits per heavy atom. The Hall–Kier alpha value is -1.58. The number of nitrogens with two attached hydrogens (primary N) is 1. The van der Waals surface area contributed by atoms with E-state index in [0.29, 0.717) is 6.42 Å². The van der Waals surface area contributed by atoms with Gasteiger partial charge in [-0.15, -0.1) is 0 Å². The molecule has 0 aliphatic heterocycles. The molecular formula is C17H23NOSi. The van der Waals surface area contributed by atoms with Gasteiger partial charge >= 0.3 is 0 Å². The van der Waals surface area contributed by atoms with Crippen molar-refractivity contribution in [2.45, 2.75) is 26.1 Å². The summed E-state index contributed by atoms with van der Waals surface area (Å²) in [5.74, 6) is 0. The molecule has 2 aromatic rings. The van der Waals surface area contributed by atoms with E-state index in [4.69, 9.17) is 10.8 Å². The number of rotatable bonds is 4. The molecule has 0 aliphatic carbocycles. The summed E-state index contributed by atoms with van der Waals surface area (Å²) < 4.78 is 0. The molecule has 0 atom stereocenters. The Kier molecular flexibility index (Phi) is 4.31. The van der Waals surface area contributed by atoms with Gasteiger partial charge in [0, 0.05) is 17.9 Å². The zero-order chi connectivity index (χ0) is 14.8. The number of anilines is 1. The molecule has 0 fully saturated rings. The second kappa shape index (κ2) is 5.81. The summed E-state index contributed by atoms with van der Waals surface area (Å²) in [6.45, 7) is 7.16. The van der Waals surface area contributed by atoms with Crippen molar-refractivity contribution >= 4 is 18.9 Å². The van der Waals surface area contributed by atoms with Crippen LogP contribution >= 0.6 is 0 Å². The normalized spacial score (nSPS) is 11.6. The van der Waals surface area contributed by atoms with Crippen LogP contribution in [0.25, 0.3) is 11.1 Å². The van der Waals surface area contributed by atoms with Crippen LogP contribution in [0.2, 0.25) is 19.6 Å². The number of hydrogen-bond donors (Lipinski definition) is 2. The largest absolute Gasteiger partial charge is 0.398 e. The minimum atomic E-state index is -1.26. The molecule has 0 aliphatic rings. The first-order valence-electron chi connectivity index (χ1n) is 7.02. The maximum atomic E-state index is 9.08. The SMILES string of the molecule is C[Si](C)(C)c1ccc(-c2cccc(CCO)c2N)cc1. The molecule has 0 amide bonds. The Bertz CT molecular complexity index is 585. The fourth-order valence-corrected chi connectivity index (χ4v) is 3.52. The molecule has 0 radical (unpaired) electrons. The van der Waals surface area contributed by atoms with Gasteiger partial charge in [-0.1, -0.05) is 67.3 Å². The van der Waals surface area contributed by atoms with Crippen molar-refractivity contribution in [2.24, 2.45) is 0 Å². The van der Waals surface area contributed by atoms with E-state index in [-0.39, 0.29) is 6.61 Å². The van der Waals surface area contributed by atoms with Crippen molar-refractivity contribution < 1.29 is 5.11 Å². The number of hydrogen-bond acceptors (Lipinski definition) is 2. The Balaban J connectivity index is 2.39. The molecule has 3 heteroatoms. The van der Waals surface area contributed by atoms with Crippen molar-refractivity contribution in [1.82, 2.24) is 0 Å². The fraction of sp³-hybridized carbons (Fsp3) is 0.294. The van der Waals surface area contributed by atoms with Crippen molar-refractivity contribution in [3.8, 4) is 11.1 Å². The van der Waals surface area contributed by atoms with Gasteiger partial charge in [0.25, 0.3) is 0 Å². The lowest BCUT2D eigenvalue weighted by atomic mass is 9.99. The van der Waals surface area contributed by atoms with E-state index in [1.54, 1.807) is 0 Å². The molecule has 0 aromatic heterocycles. The van der Waals surface area contributed by atoms with Crippen molar-refractivity contribution in [3.63, 3.8) is 0 Å². The lowest BCUT2D eigenvalue weighted by Crippen LogP contribution is -2.37. The average molecular weight is 285 g/mol. The van der Waals surface area contributed by atoms with E-state index >= 15 is 0 Å². The molecule has 0 saturated carbocycles. The van der Waals surface area contributed by atoms with Crippen LogP contribution in [0, 0.1) is 0 Å². The van der Waals surface area contributed by atoms with Crippen LogP contribution < -0.4 is 10.9 Å². The van der Waals surface area contributed by atoms with Crippen LogP contribution in [0.5, 0.6) is 0 Å². The van der Waals surface area contributed by atoms with Crippen molar-refractivity contribution in [1.29, 1.82) is 0 Å². The minimum absolute atomic E-state index is 0.127. The maximum Gasteiger partial charge on any atom is 0.0775 e. The molecule has 2 aromatic carbocycles. The van der Waals surface area contributed by atoms with Gasteiger partial charge in [-0.3, -0.25) is 0 Å². The van der Waals surface area contributed by atoms with Crippen LogP contribution in [0.3, 0.4) is 0 Å². The molecule has 0 bridgehead atoms. The molecule has 2 rings (SSSR count). The van der Waals surface area contributed by atoms with E-state index in [1.165, 1.54) is 5.19 Å². The highest BCUT2D eigenvalue weighted by molar-refractivity contribution is 6.88. The van der Waals surface area contributed by atoms with E-state index in [0.717, 1.165) is 22.4 Å². The molecule has 2 nitrogen and oxygen atoms in total. The van der Waals surface area contributed by atoms with Crippen LogP contribution in [0.1, 0.15) is 5.56 Å². The lowest BCUT2D eigenvalue weighted by molar-refractivity contribution is 0.300. The molecule has 0 unspecified atom stereocenters. The van der Waals surface area contributed by atoms with Gasteiger partial charge in [0.1, 0.15) is 0 Å². The van der Waals surface area contributed by atoms with E-state index < -0.39 is 8.07 Å². The van der Waals surface area contributed by atoms with Crippen LogP contribution in [0.15, 0.2) is 42.5 Å². The van der Waals surface area contributed by atoms with Crippen LogP contribution in [0.4, 0.5) is 5.69 Å². The van der Waals surface area contributed by atoms with Gasteiger partial charge in [-0.2, -0.15) is 0 Å². The predicted octanol–water partition coefficient (Wildman–Crippen LogP) is 3.02. The van der Waals surface area contributed by atoms with Gasteiger partial charge in [-0.05, 0) is 17.5 Å². The predicted molar refractivity (Wildman–Crippen MR) is 90.1 cm³/mol. The summed E-state index contributed by atoms with van der Waals surface area (Å²) >= 11 is 0. The maximum absolute atomic E-state index is 9.08. The summed E-state index contributed by atoms with van der Waals surface area (Å²) in [6, 6.07) is 14.8. The van der Waals surface area contributed by atoms with Crippen molar-refractivity contribution in [3.05, 3.63) is 48.0 Å². The highest BCUT2D eigenvalue weighted by Gasteiger charge is 2.16. The van der Waals surface area contributed by atoms with E-state index in [2.05, 4.69) is 43.9 Å². The van der Waals surface area contributed by atoms with Gasteiger partial charge < -0.3 is 10.8 Å².